The molecule has 226 valence electrons. The molecule has 0 radical (unpaired) electrons. The van der Waals surface area contributed by atoms with E-state index in [1.54, 1.807) is 39.5 Å². The maximum absolute atomic E-state index is 13.6. The van der Waals surface area contributed by atoms with Crippen LogP contribution in [0.15, 0.2) is 72.4 Å². The van der Waals surface area contributed by atoms with Crippen LogP contribution in [-0.2, 0) is 11.3 Å². The highest BCUT2D eigenvalue weighted by atomic mass is 32.1. The van der Waals surface area contributed by atoms with Crippen molar-refractivity contribution in [2.24, 2.45) is 5.92 Å². The molecule has 1 aliphatic heterocycles. The fourth-order valence-corrected chi connectivity index (χ4v) is 5.71. The lowest BCUT2D eigenvalue weighted by Crippen LogP contribution is -2.46. The van der Waals surface area contributed by atoms with Crippen molar-refractivity contribution in [1.29, 1.82) is 0 Å². The van der Waals surface area contributed by atoms with Crippen LogP contribution < -0.4 is 15.4 Å². The quantitative estimate of drug-likeness (QED) is 0.319. The van der Waals surface area contributed by atoms with Gasteiger partial charge in [-0.2, -0.15) is 5.10 Å². The van der Waals surface area contributed by atoms with Gasteiger partial charge in [0.1, 0.15) is 18.1 Å². The van der Waals surface area contributed by atoms with Gasteiger partial charge in [0.2, 0.25) is 5.91 Å². The van der Waals surface area contributed by atoms with Crippen LogP contribution in [0, 0.1) is 5.92 Å². The average molecular weight is 613 g/mol. The van der Waals surface area contributed by atoms with E-state index in [9.17, 15) is 14.4 Å². The molecule has 2 aromatic carbocycles. The molecule has 0 fully saturated rings. The second kappa shape index (κ2) is 12.7. The Morgan fingerprint density at radius 1 is 1.05 bits per heavy atom. The summed E-state index contributed by atoms with van der Waals surface area (Å²) in [6, 6.07) is 16.0. The fourth-order valence-electron chi connectivity index (χ4n) is 5.01. The lowest BCUT2D eigenvalue weighted by Gasteiger charge is -2.25. The third-order valence-corrected chi connectivity index (χ3v) is 8.03. The van der Waals surface area contributed by atoms with Gasteiger partial charge in [-0.05, 0) is 24.1 Å². The van der Waals surface area contributed by atoms with Gasteiger partial charge < -0.3 is 20.3 Å². The Kier molecular flexibility index (Phi) is 8.37. The number of hydrogen-bond acceptors (Lipinski definition) is 8. The molecule has 4 heterocycles. The summed E-state index contributed by atoms with van der Waals surface area (Å²) in [5, 5.41) is 12.6. The van der Waals surface area contributed by atoms with Crippen molar-refractivity contribution in [2.45, 2.75) is 26.4 Å². The predicted octanol–water partition coefficient (Wildman–Crippen LogP) is 3.43. The fraction of sp³-hybridized carbons (Fsp3) is 0.290. The van der Waals surface area contributed by atoms with Gasteiger partial charge in [-0.15, -0.1) is 11.3 Å². The summed E-state index contributed by atoms with van der Waals surface area (Å²) in [5.41, 5.74) is 1.49. The number of fused-ring (bicyclic) bond motifs is 4. The van der Waals surface area contributed by atoms with Crippen molar-refractivity contribution in [3.8, 4) is 17.1 Å². The molecule has 5 aromatic rings. The zero-order valence-corrected chi connectivity index (χ0v) is 25.2. The minimum atomic E-state index is -0.499. The van der Waals surface area contributed by atoms with E-state index in [1.807, 2.05) is 55.8 Å². The predicted molar refractivity (Wildman–Crippen MR) is 164 cm³/mol. The zero-order chi connectivity index (χ0) is 30.6. The lowest BCUT2D eigenvalue weighted by atomic mass is 10.0. The maximum Gasteiger partial charge on any atom is 0.274 e. The number of nitrogens with one attached hydrogen (secondary N) is 2. The lowest BCUT2D eigenvalue weighted by molar-refractivity contribution is -0.123. The molecule has 1 atom stereocenters. The molecule has 2 N–H and O–H groups in total. The molecule has 0 saturated heterocycles. The molecular weight excluding hydrogens is 580 g/mol. The Labute approximate surface area is 257 Å². The van der Waals surface area contributed by atoms with E-state index in [-0.39, 0.29) is 49.7 Å². The summed E-state index contributed by atoms with van der Waals surface area (Å²) in [5.74, 6) is 0.514. The van der Waals surface area contributed by atoms with Crippen LogP contribution in [0.3, 0.4) is 0 Å². The summed E-state index contributed by atoms with van der Waals surface area (Å²) >= 11 is 1.41. The first kappa shape index (κ1) is 29.1. The van der Waals surface area contributed by atoms with Gasteiger partial charge in [0.15, 0.2) is 16.6 Å². The van der Waals surface area contributed by atoms with Crippen molar-refractivity contribution >= 4 is 34.0 Å². The Hall–Kier alpha value is -5.04. The molecule has 0 spiro atoms. The summed E-state index contributed by atoms with van der Waals surface area (Å²) in [4.78, 5) is 51.5. The highest BCUT2D eigenvalue weighted by Crippen LogP contribution is 2.24. The maximum atomic E-state index is 13.6. The first-order chi connectivity index (χ1) is 21.4. The minimum Gasteiger partial charge on any atom is -0.492 e. The molecule has 2 bridgehead atoms. The van der Waals surface area contributed by atoms with Gasteiger partial charge >= 0.3 is 0 Å². The number of aromatic nitrogens is 5. The van der Waals surface area contributed by atoms with Crippen molar-refractivity contribution < 1.29 is 19.1 Å². The molecule has 0 unspecified atom stereocenters. The van der Waals surface area contributed by atoms with Crippen molar-refractivity contribution in [3.05, 3.63) is 89.5 Å². The average Bonchev–Trinajstić information content (AvgIpc) is 3.75. The summed E-state index contributed by atoms with van der Waals surface area (Å²) in [6.45, 7) is 4.60. The summed E-state index contributed by atoms with van der Waals surface area (Å²) in [6.07, 6.45) is 3.46. The van der Waals surface area contributed by atoms with Gasteiger partial charge in [0.25, 0.3) is 11.8 Å². The number of benzene rings is 2. The molecule has 13 heteroatoms. The number of imidazole rings is 1. The molecule has 3 aromatic heterocycles. The summed E-state index contributed by atoms with van der Waals surface area (Å²) < 4.78 is 9.52. The molecular formula is C31H32N8O4S. The van der Waals surface area contributed by atoms with Gasteiger partial charge in [-0.3, -0.25) is 18.8 Å². The summed E-state index contributed by atoms with van der Waals surface area (Å²) in [7, 11) is 0. The van der Waals surface area contributed by atoms with E-state index < -0.39 is 11.9 Å². The molecule has 6 rings (SSSR count). The van der Waals surface area contributed by atoms with Crippen molar-refractivity contribution in [2.75, 3.05) is 26.2 Å². The van der Waals surface area contributed by atoms with Gasteiger partial charge in [0, 0.05) is 42.0 Å². The van der Waals surface area contributed by atoms with Crippen LogP contribution in [0.4, 0.5) is 0 Å². The van der Waals surface area contributed by atoms with E-state index in [1.165, 1.54) is 16.2 Å². The van der Waals surface area contributed by atoms with E-state index in [4.69, 9.17) is 14.8 Å². The van der Waals surface area contributed by atoms with Crippen molar-refractivity contribution in [3.63, 3.8) is 0 Å². The monoisotopic (exact) mass is 612 g/mol. The Morgan fingerprint density at radius 3 is 2.66 bits per heavy atom. The van der Waals surface area contributed by atoms with Gasteiger partial charge in [0.05, 0.1) is 19.1 Å². The second-order valence-corrected chi connectivity index (χ2v) is 11.6. The Balaban J connectivity index is 1.34. The number of hydrogen-bond donors (Lipinski definition) is 2. The number of carbonyl (C=O) groups excluding carboxylic acids is 3. The Bertz CT molecular complexity index is 1770. The van der Waals surface area contributed by atoms with Gasteiger partial charge in [-0.1, -0.05) is 50.2 Å². The molecule has 44 heavy (non-hydrogen) atoms. The topological polar surface area (TPSA) is 136 Å². The third kappa shape index (κ3) is 6.32. The molecule has 1 aliphatic rings. The van der Waals surface area contributed by atoms with Crippen LogP contribution in [0.5, 0.6) is 5.75 Å². The minimum absolute atomic E-state index is 0.0476. The van der Waals surface area contributed by atoms with Gasteiger partial charge in [-0.25, -0.2) is 14.6 Å². The smallest absolute Gasteiger partial charge is 0.274 e. The first-order valence-electron chi connectivity index (χ1n) is 14.4. The molecule has 0 aliphatic carbocycles. The number of carbonyl (C=O) groups is 3. The number of nitrogens with zero attached hydrogens (tertiary/aromatic N) is 6. The van der Waals surface area contributed by atoms with E-state index in [0.717, 1.165) is 5.56 Å². The zero-order valence-electron chi connectivity index (χ0n) is 24.3. The van der Waals surface area contributed by atoms with Crippen LogP contribution in [0.2, 0.25) is 0 Å². The van der Waals surface area contributed by atoms with Crippen LogP contribution in [-0.4, -0.2) is 73.0 Å². The number of ether oxygens (including phenoxy) is 1. The largest absolute Gasteiger partial charge is 0.492 e. The molecule has 12 nitrogen and oxygen atoms in total. The second-order valence-electron chi connectivity index (χ2n) is 10.7. The van der Waals surface area contributed by atoms with E-state index in [0.29, 0.717) is 34.5 Å². The number of amides is 3. The molecule has 0 saturated carbocycles. The highest BCUT2D eigenvalue weighted by molar-refractivity contribution is 7.15. The standard InChI is InChI=1S/C31H32N8O4S/c1-20(2)26-28-35-27(21-7-4-3-5-8-21)36-39(28)13-15-43-23-10-6-9-22(17-23)29(41)32-11-12-37(19-25(40)34-26)30(42)24-18-38-14-16-44-31(38)33-24/h3-10,14,16-18,20,26H,11-13,15,19H2,1-2H3,(H,32,41)(H,34,40)/t26-/m0/s1. The Morgan fingerprint density at radius 2 is 1.86 bits per heavy atom. The SMILES string of the molecule is CC(C)[C@@H]1NC(=O)CN(C(=O)c2cn3ccsc3n2)CCNC(=O)c2cccc(c2)OCCn2nc(-c3ccccc3)nc21. The third-order valence-electron chi connectivity index (χ3n) is 7.26. The van der Waals surface area contributed by atoms with E-state index in [2.05, 4.69) is 15.6 Å². The number of rotatable bonds is 3. The normalized spacial score (nSPS) is 16.6. The van der Waals surface area contributed by atoms with Crippen LogP contribution in [0.1, 0.15) is 46.6 Å². The van der Waals surface area contributed by atoms with Crippen LogP contribution >= 0.6 is 11.3 Å². The van der Waals surface area contributed by atoms with Crippen LogP contribution in [0.25, 0.3) is 16.3 Å². The highest BCUT2D eigenvalue weighted by Gasteiger charge is 2.28. The van der Waals surface area contributed by atoms with E-state index >= 15 is 0 Å². The first-order valence-corrected chi connectivity index (χ1v) is 15.3. The molecule has 3 amide bonds. The van der Waals surface area contributed by atoms with Crippen molar-refractivity contribution in [1.82, 2.24) is 39.7 Å². The number of thiazole rings is 1.